The maximum Gasteiger partial charge on any atom is 0.344 e. The predicted octanol–water partition coefficient (Wildman–Crippen LogP) is 1.51. The summed E-state index contributed by atoms with van der Waals surface area (Å²) < 4.78 is 9.93. The van der Waals surface area contributed by atoms with E-state index in [1.54, 1.807) is 19.1 Å². The molecule has 2 N–H and O–H groups in total. The lowest BCUT2D eigenvalue weighted by Gasteiger charge is -2.05. The molecule has 1 rings (SSSR count). The standard InChI is InChI=1S/C11H15NO3.ClH/c1-2-14-11(13)8-15-10-5-3-9(7-12)4-6-10;/h3-6H,2,7-8,12H2,1H3;1H. The van der Waals surface area contributed by atoms with E-state index in [1.165, 1.54) is 0 Å². The highest BCUT2D eigenvalue weighted by Gasteiger charge is 2.02. The van der Waals surface area contributed by atoms with Crippen molar-refractivity contribution in [1.29, 1.82) is 0 Å². The third-order valence-electron chi connectivity index (χ3n) is 1.82. The molecule has 0 fully saturated rings. The van der Waals surface area contributed by atoms with Crippen molar-refractivity contribution in [3.8, 4) is 5.75 Å². The van der Waals surface area contributed by atoms with Crippen LogP contribution in [-0.4, -0.2) is 19.2 Å². The molecule has 1 aromatic carbocycles. The van der Waals surface area contributed by atoms with Crippen LogP contribution >= 0.6 is 12.4 Å². The van der Waals surface area contributed by atoms with E-state index >= 15 is 0 Å². The molecule has 0 saturated carbocycles. The van der Waals surface area contributed by atoms with Crippen LogP contribution in [0.1, 0.15) is 12.5 Å². The van der Waals surface area contributed by atoms with Crippen molar-refractivity contribution < 1.29 is 14.3 Å². The molecule has 5 heteroatoms. The molecule has 0 aliphatic rings. The first-order chi connectivity index (χ1) is 7.26. The van der Waals surface area contributed by atoms with Crippen LogP contribution in [0.25, 0.3) is 0 Å². The van der Waals surface area contributed by atoms with Gasteiger partial charge >= 0.3 is 5.97 Å². The third-order valence-corrected chi connectivity index (χ3v) is 1.82. The van der Waals surface area contributed by atoms with Gasteiger partial charge in [0.25, 0.3) is 0 Å². The summed E-state index contributed by atoms with van der Waals surface area (Å²) in [6.45, 7) is 2.57. The van der Waals surface area contributed by atoms with Gasteiger partial charge in [-0.25, -0.2) is 4.79 Å². The minimum Gasteiger partial charge on any atom is -0.482 e. The molecule has 0 aromatic heterocycles. The summed E-state index contributed by atoms with van der Waals surface area (Å²) in [5.41, 5.74) is 6.47. The Morgan fingerprint density at radius 3 is 2.44 bits per heavy atom. The van der Waals surface area contributed by atoms with Gasteiger partial charge < -0.3 is 15.2 Å². The third kappa shape index (κ3) is 5.00. The summed E-state index contributed by atoms with van der Waals surface area (Å²) >= 11 is 0. The molecule has 4 nitrogen and oxygen atoms in total. The Bertz CT molecular complexity index is 314. The number of ether oxygens (including phenoxy) is 2. The summed E-state index contributed by atoms with van der Waals surface area (Å²) in [6, 6.07) is 7.28. The van der Waals surface area contributed by atoms with Gasteiger partial charge in [-0.05, 0) is 24.6 Å². The van der Waals surface area contributed by atoms with Crippen LogP contribution in [0.4, 0.5) is 0 Å². The average molecular weight is 246 g/mol. The van der Waals surface area contributed by atoms with E-state index in [0.717, 1.165) is 5.56 Å². The first kappa shape index (κ1) is 14.7. The fraction of sp³-hybridized carbons (Fsp3) is 0.364. The molecule has 0 saturated heterocycles. The van der Waals surface area contributed by atoms with Gasteiger partial charge in [-0.1, -0.05) is 12.1 Å². The van der Waals surface area contributed by atoms with E-state index in [2.05, 4.69) is 0 Å². The smallest absolute Gasteiger partial charge is 0.344 e. The van der Waals surface area contributed by atoms with Gasteiger partial charge in [-0.2, -0.15) is 0 Å². The molecular weight excluding hydrogens is 230 g/mol. The number of carbonyl (C=O) groups excluding carboxylic acids is 1. The molecule has 0 atom stereocenters. The van der Waals surface area contributed by atoms with Gasteiger partial charge in [0.1, 0.15) is 5.75 Å². The van der Waals surface area contributed by atoms with Crippen LogP contribution in [0.2, 0.25) is 0 Å². The predicted molar refractivity (Wildman–Crippen MR) is 63.7 cm³/mol. The Labute approximate surface area is 101 Å². The summed E-state index contributed by atoms with van der Waals surface area (Å²) in [4.78, 5) is 11.0. The number of esters is 1. The second-order valence-electron chi connectivity index (χ2n) is 2.94. The van der Waals surface area contributed by atoms with Crippen molar-refractivity contribution in [3.63, 3.8) is 0 Å². The van der Waals surface area contributed by atoms with Gasteiger partial charge in [-0.3, -0.25) is 0 Å². The lowest BCUT2D eigenvalue weighted by atomic mass is 10.2. The monoisotopic (exact) mass is 245 g/mol. The summed E-state index contributed by atoms with van der Waals surface area (Å²) in [6.07, 6.45) is 0. The largest absolute Gasteiger partial charge is 0.482 e. The van der Waals surface area contributed by atoms with Crippen molar-refractivity contribution in [2.24, 2.45) is 5.73 Å². The van der Waals surface area contributed by atoms with Crippen LogP contribution < -0.4 is 10.5 Å². The number of hydrogen-bond donors (Lipinski definition) is 1. The number of rotatable bonds is 5. The van der Waals surface area contributed by atoms with E-state index in [-0.39, 0.29) is 25.0 Å². The SMILES string of the molecule is CCOC(=O)COc1ccc(CN)cc1.Cl. The Hall–Kier alpha value is -1.26. The zero-order valence-electron chi connectivity index (χ0n) is 9.14. The van der Waals surface area contributed by atoms with E-state index in [0.29, 0.717) is 18.9 Å². The van der Waals surface area contributed by atoms with Gasteiger partial charge in [0, 0.05) is 6.54 Å². The highest BCUT2D eigenvalue weighted by Crippen LogP contribution is 2.11. The maximum atomic E-state index is 11.0. The van der Waals surface area contributed by atoms with E-state index in [9.17, 15) is 4.79 Å². The number of benzene rings is 1. The fourth-order valence-corrected chi connectivity index (χ4v) is 1.07. The van der Waals surface area contributed by atoms with Crippen LogP contribution in [0.3, 0.4) is 0 Å². The number of nitrogens with two attached hydrogens (primary N) is 1. The van der Waals surface area contributed by atoms with E-state index in [4.69, 9.17) is 15.2 Å². The van der Waals surface area contributed by atoms with Gasteiger partial charge in [-0.15, -0.1) is 12.4 Å². The summed E-state index contributed by atoms with van der Waals surface area (Å²) in [7, 11) is 0. The van der Waals surface area contributed by atoms with Crippen LogP contribution in [0, 0.1) is 0 Å². The number of hydrogen-bond acceptors (Lipinski definition) is 4. The minimum absolute atomic E-state index is 0. The van der Waals surface area contributed by atoms with Crippen LogP contribution in [0.5, 0.6) is 5.75 Å². The highest BCUT2D eigenvalue weighted by atomic mass is 35.5. The lowest BCUT2D eigenvalue weighted by Crippen LogP contribution is -2.14. The normalized spacial score (nSPS) is 9.12. The van der Waals surface area contributed by atoms with Crippen molar-refractivity contribution in [1.82, 2.24) is 0 Å². The zero-order valence-corrected chi connectivity index (χ0v) is 9.96. The average Bonchev–Trinajstić information content (AvgIpc) is 2.27. The van der Waals surface area contributed by atoms with E-state index in [1.807, 2.05) is 12.1 Å². The van der Waals surface area contributed by atoms with Crippen molar-refractivity contribution in [2.45, 2.75) is 13.5 Å². The first-order valence-corrected chi connectivity index (χ1v) is 4.83. The van der Waals surface area contributed by atoms with Crippen molar-refractivity contribution in [2.75, 3.05) is 13.2 Å². The quantitative estimate of drug-likeness (QED) is 0.799. The molecule has 0 aliphatic heterocycles. The van der Waals surface area contributed by atoms with Crippen LogP contribution in [-0.2, 0) is 16.1 Å². The van der Waals surface area contributed by atoms with E-state index < -0.39 is 0 Å². The highest BCUT2D eigenvalue weighted by molar-refractivity contribution is 5.85. The van der Waals surface area contributed by atoms with Crippen LogP contribution in [0.15, 0.2) is 24.3 Å². The van der Waals surface area contributed by atoms with Gasteiger partial charge in [0.15, 0.2) is 6.61 Å². The zero-order chi connectivity index (χ0) is 11.1. The second-order valence-corrected chi connectivity index (χ2v) is 2.94. The lowest BCUT2D eigenvalue weighted by molar-refractivity contribution is -0.145. The summed E-state index contributed by atoms with van der Waals surface area (Å²) in [5, 5.41) is 0. The molecular formula is C11H16ClNO3. The molecule has 0 spiro atoms. The Kier molecular flexibility index (Phi) is 7.33. The Morgan fingerprint density at radius 1 is 1.31 bits per heavy atom. The molecule has 16 heavy (non-hydrogen) atoms. The first-order valence-electron chi connectivity index (χ1n) is 4.83. The molecule has 0 aliphatic carbocycles. The molecule has 0 heterocycles. The fourth-order valence-electron chi connectivity index (χ4n) is 1.07. The van der Waals surface area contributed by atoms with Gasteiger partial charge in [0.2, 0.25) is 0 Å². The van der Waals surface area contributed by atoms with Crippen molar-refractivity contribution in [3.05, 3.63) is 29.8 Å². The Balaban J connectivity index is 0.00000225. The molecule has 0 unspecified atom stereocenters. The van der Waals surface area contributed by atoms with Gasteiger partial charge in [0.05, 0.1) is 6.61 Å². The molecule has 90 valence electrons. The second kappa shape index (κ2) is 7.96. The molecule has 0 bridgehead atoms. The summed E-state index contributed by atoms with van der Waals surface area (Å²) in [5.74, 6) is 0.278. The maximum absolute atomic E-state index is 11.0. The number of carbonyl (C=O) groups is 1. The molecule has 0 amide bonds. The minimum atomic E-state index is -0.361. The molecule has 1 aromatic rings. The molecule has 0 radical (unpaired) electrons. The van der Waals surface area contributed by atoms with Crippen molar-refractivity contribution >= 4 is 18.4 Å². The topological polar surface area (TPSA) is 61.5 Å². The Morgan fingerprint density at radius 2 is 1.94 bits per heavy atom. The number of halogens is 1.